The van der Waals surface area contributed by atoms with Crippen molar-refractivity contribution in [2.75, 3.05) is 0 Å². The van der Waals surface area contributed by atoms with E-state index in [1.807, 2.05) is 38.4 Å². The van der Waals surface area contributed by atoms with Crippen molar-refractivity contribution < 1.29 is 0 Å². The van der Waals surface area contributed by atoms with Gasteiger partial charge in [0.25, 0.3) is 0 Å². The molecule has 11 nitrogen and oxygen atoms in total. The van der Waals surface area contributed by atoms with Crippen LogP contribution >= 0.6 is 0 Å². The van der Waals surface area contributed by atoms with E-state index < -0.39 is 0 Å². The third-order valence-electron chi connectivity index (χ3n) is 3.38. The number of aromatic nitrogens is 11. The number of nitrogens with one attached hydrogen (secondary N) is 4. The zero-order valence-corrected chi connectivity index (χ0v) is 21.4. The summed E-state index contributed by atoms with van der Waals surface area (Å²) in [5.74, 6) is 3.86. The molecule has 0 saturated heterocycles. The number of tetrazole rings is 1. The van der Waals surface area contributed by atoms with Gasteiger partial charge in [-0.25, -0.2) is 4.98 Å². The van der Waals surface area contributed by atoms with Gasteiger partial charge in [0.15, 0.2) is 5.82 Å². The Morgan fingerprint density at radius 1 is 0.727 bits per heavy atom. The summed E-state index contributed by atoms with van der Waals surface area (Å²) in [6.45, 7) is 18.8. The van der Waals surface area contributed by atoms with E-state index in [1.165, 1.54) is 6.33 Å². The van der Waals surface area contributed by atoms with E-state index in [2.05, 4.69) is 105 Å². The van der Waals surface area contributed by atoms with E-state index in [0.29, 0.717) is 17.8 Å². The topological polar surface area (TPSA) is 153 Å². The minimum Gasteiger partial charge on any atom is -0.368 e. The summed E-state index contributed by atoms with van der Waals surface area (Å²) in [6.07, 6.45) is 7.01. The molecule has 4 N–H and O–H groups in total. The van der Waals surface area contributed by atoms with Gasteiger partial charge in [-0.1, -0.05) is 67.5 Å². The number of nitrogens with zero attached hydrogens (tertiary/aromatic N) is 7. The van der Waals surface area contributed by atoms with Crippen LogP contribution in [-0.2, 0) is 0 Å². The zero-order valence-electron chi connectivity index (χ0n) is 21.4. The van der Waals surface area contributed by atoms with Crippen LogP contribution in [0.2, 0.25) is 0 Å². The van der Waals surface area contributed by atoms with Gasteiger partial charge in [0.05, 0.1) is 11.9 Å². The maximum absolute atomic E-state index is 3.95. The first kappa shape index (κ1) is 29.6. The van der Waals surface area contributed by atoms with Crippen molar-refractivity contribution in [3.05, 3.63) is 54.4 Å². The smallest absolute Gasteiger partial charge is 0.177 e. The van der Waals surface area contributed by atoms with Gasteiger partial charge in [-0.05, 0) is 24.0 Å². The number of rotatable bonds is 3. The second kappa shape index (κ2) is 18.2. The van der Waals surface area contributed by atoms with Crippen molar-refractivity contribution >= 4 is 0 Å². The normalized spacial score (nSPS) is 9.85. The fourth-order valence-corrected chi connectivity index (χ4v) is 1.67. The lowest BCUT2D eigenvalue weighted by molar-refractivity contribution is 0.737. The lowest BCUT2D eigenvalue weighted by atomic mass is 10.2. The van der Waals surface area contributed by atoms with Crippen LogP contribution in [0.5, 0.6) is 0 Å². The Morgan fingerprint density at radius 3 is 1.58 bits per heavy atom. The summed E-state index contributed by atoms with van der Waals surface area (Å²) in [5.41, 5.74) is 1.02. The minimum absolute atomic E-state index is 0.369. The molecule has 4 rings (SSSR count). The Kier molecular flexibility index (Phi) is 16.4. The molecule has 0 bridgehead atoms. The van der Waals surface area contributed by atoms with Crippen LogP contribution < -0.4 is 0 Å². The Hall–Kier alpha value is -3.37. The van der Waals surface area contributed by atoms with Crippen molar-refractivity contribution in [1.82, 2.24) is 56.2 Å². The van der Waals surface area contributed by atoms with Crippen molar-refractivity contribution in [3.63, 3.8) is 0 Å². The van der Waals surface area contributed by atoms with Crippen LogP contribution in [0.25, 0.3) is 0 Å². The Labute approximate surface area is 197 Å². The van der Waals surface area contributed by atoms with Crippen LogP contribution in [0.4, 0.5) is 0 Å². The largest absolute Gasteiger partial charge is 0.368 e. The van der Waals surface area contributed by atoms with Crippen molar-refractivity contribution in [3.8, 4) is 0 Å². The molecule has 11 heteroatoms. The zero-order chi connectivity index (χ0) is 25.1. The maximum Gasteiger partial charge on any atom is 0.177 e. The van der Waals surface area contributed by atoms with Crippen molar-refractivity contribution in [2.24, 2.45) is 5.92 Å². The molecule has 0 unspecified atom stereocenters. The van der Waals surface area contributed by atoms with Crippen molar-refractivity contribution in [1.29, 1.82) is 0 Å². The molecular weight excluding hydrogens is 418 g/mol. The van der Waals surface area contributed by atoms with Crippen LogP contribution in [0.1, 0.15) is 97.4 Å². The summed E-state index contributed by atoms with van der Waals surface area (Å²) in [6, 6.07) is 3.89. The molecule has 0 aromatic carbocycles. The summed E-state index contributed by atoms with van der Waals surface area (Å²) in [4.78, 5) is 6.81. The van der Waals surface area contributed by atoms with E-state index in [9.17, 15) is 0 Å². The Morgan fingerprint density at radius 2 is 1.36 bits per heavy atom. The number of hydrogen-bond donors (Lipinski definition) is 4. The van der Waals surface area contributed by atoms with Gasteiger partial charge in [0.1, 0.15) is 12.2 Å². The van der Waals surface area contributed by atoms with Crippen LogP contribution in [0, 0.1) is 5.92 Å². The molecule has 184 valence electrons. The Balaban J connectivity index is 0.000000397. The van der Waals surface area contributed by atoms with E-state index in [0.717, 1.165) is 23.3 Å². The van der Waals surface area contributed by atoms with Gasteiger partial charge >= 0.3 is 0 Å². The molecule has 0 amide bonds. The molecule has 4 aromatic heterocycles. The molecule has 0 atom stereocenters. The first-order valence-electron chi connectivity index (χ1n) is 11.2. The van der Waals surface area contributed by atoms with Gasteiger partial charge in [0.2, 0.25) is 0 Å². The molecular formula is C22H41N11. The fourth-order valence-electron chi connectivity index (χ4n) is 1.67. The van der Waals surface area contributed by atoms with Crippen LogP contribution in [0.3, 0.4) is 0 Å². The molecule has 0 aliphatic carbocycles. The van der Waals surface area contributed by atoms with Gasteiger partial charge in [0, 0.05) is 24.2 Å². The van der Waals surface area contributed by atoms with E-state index in [-0.39, 0.29) is 0 Å². The van der Waals surface area contributed by atoms with Gasteiger partial charge in [-0.2, -0.15) is 25.7 Å². The average molecular weight is 460 g/mol. The quantitative estimate of drug-likeness (QED) is 0.341. The van der Waals surface area contributed by atoms with Crippen LogP contribution in [-0.4, -0.2) is 56.2 Å². The molecule has 0 fully saturated rings. The van der Waals surface area contributed by atoms with E-state index in [4.69, 9.17) is 0 Å². The van der Waals surface area contributed by atoms with Crippen LogP contribution in [0.15, 0.2) is 37.1 Å². The SMILES string of the molecule is CC(C)C.CC(C)c1cn[nH]n1.CC(C)c1ncn[nH]1.CC(C)c1nn[nH]n1.c1cc[nH]c1. The van der Waals surface area contributed by atoms with E-state index in [1.54, 1.807) is 6.20 Å². The highest BCUT2D eigenvalue weighted by Gasteiger charge is 2.01. The summed E-state index contributed by atoms with van der Waals surface area (Å²) in [5, 5.41) is 29.9. The standard InChI is InChI=1S/2C5H9N3.C4H8N4.C4H5N.C4H10/c1-4(2)5-6-3-7-8-5;1-4(2)5-3-6-8-7-5;1-3(2)4-5-7-8-6-4;1-2-4-5-3-1;1-4(2)3/h2*3-4H,1-2H3,(H,6,7,8);3H,1-2H3,(H,5,6,7,8);1-5H;4H,1-3H3. The molecule has 4 heterocycles. The minimum atomic E-state index is 0.369. The maximum atomic E-state index is 3.95. The second-order valence-corrected chi connectivity index (χ2v) is 8.62. The highest BCUT2D eigenvalue weighted by Crippen LogP contribution is 2.06. The molecule has 4 aromatic rings. The molecule has 0 spiro atoms. The van der Waals surface area contributed by atoms with Gasteiger partial charge in [-0.15, -0.1) is 10.2 Å². The second-order valence-electron chi connectivity index (χ2n) is 8.62. The summed E-state index contributed by atoms with van der Waals surface area (Å²) >= 11 is 0. The highest BCUT2D eigenvalue weighted by molar-refractivity contribution is 4.96. The van der Waals surface area contributed by atoms with Gasteiger partial charge < -0.3 is 4.98 Å². The first-order valence-corrected chi connectivity index (χ1v) is 11.2. The first-order chi connectivity index (χ1) is 15.6. The predicted octanol–water partition coefficient (Wildman–Crippen LogP) is 4.86. The van der Waals surface area contributed by atoms with Crippen molar-refractivity contribution in [2.45, 2.75) is 80.1 Å². The number of aromatic amines is 4. The number of hydrogen-bond acceptors (Lipinski definition) is 7. The third kappa shape index (κ3) is 16.9. The summed E-state index contributed by atoms with van der Waals surface area (Å²) in [7, 11) is 0. The lowest BCUT2D eigenvalue weighted by Crippen LogP contribution is -1.88. The molecule has 0 saturated carbocycles. The number of H-pyrrole nitrogens is 4. The predicted molar refractivity (Wildman–Crippen MR) is 131 cm³/mol. The molecule has 0 aliphatic rings. The monoisotopic (exact) mass is 459 g/mol. The lowest BCUT2D eigenvalue weighted by Gasteiger charge is -1.93. The van der Waals surface area contributed by atoms with Gasteiger partial charge in [-0.3, -0.25) is 5.10 Å². The van der Waals surface area contributed by atoms with E-state index >= 15 is 0 Å². The molecule has 0 radical (unpaired) electrons. The highest BCUT2D eigenvalue weighted by atomic mass is 15.5. The third-order valence-corrected chi connectivity index (χ3v) is 3.38. The fraction of sp³-hybridized carbons (Fsp3) is 0.591. The molecule has 0 aliphatic heterocycles. The Bertz CT molecular complexity index is 722. The molecule has 33 heavy (non-hydrogen) atoms. The average Bonchev–Trinajstić information content (AvgIpc) is 3.57. The summed E-state index contributed by atoms with van der Waals surface area (Å²) < 4.78 is 0.